The quantitative estimate of drug-likeness (QED) is 0.779. The number of nitrogens with one attached hydrogen (secondary N) is 1. The number of imide groups is 1. The SMILES string of the molecule is C[C@@H]1CCCN(C(=O)CN2C(=O)N[C@@H](C(C)(C)C)C2=O)C1. The van der Waals surface area contributed by atoms with Gasteiger partial charge in [-0.3, -0.25) is 14.5 Å². The monoisotopic (exact) mass is 295 g/mol. The Morgan fingerprint density at radius 3 is 2.52 bits per heavy atom. The van der Waals surface area contributed by atoms with Crippen molar-refractivity contribution in [3.8, 4) is 0 Å². The third-order valence-electron chi connectivity index (χ3n) is 4.20. The number of carbonyl (C=O) groups is 3. The molecule has 6 nitrogen and oxygen atoms in total. The number of likely N-dealkylation sites (tertiary alicyclic amines) is 1. The molecule has 4 amide bonds. The van der Waals surface area contributed by atoms with E-state index in [4.69, 9.17) is 0 Å². The second kappa shape index (κ2) is 5.66. The zero-order valence-electron chi connectivity index (χ0n) is 13.3. The third-order valence-corrected chi connectivity index (χ3v) is 4.20. The van der Waals surface area contributed by atoms with E-state index in [-0.39, 0.29) is 23.8 Å². The normalized spacial score (nSPS) is 27.0. The highest BCUT2D eigenvalue weighted by Crippen LogP contribution is 2.25. The first-order chi connectivity index (χ1) is 9.70. The van der Waals surface area contributed by atoms with Crippen LogP contribution < -0.4 is 5.32 Å². The van der Waals surface area contributed by atoms with Gasteiger partial charge in [-0.25, -0.2) is 4.79 Å². The molecule has 0 aromatic heterocycles. The van der Waals surface area contributed by atoms with E-state index in [9.17, 15) is 14.4 Å². The van der Waals surface area contributed by atoms with Crippen LogP contribution in [0.3, 0.4) is 0 Å². The maximum Gasteiger partial charge on any atom is 0.325 e. The molecule has 0 saturated carbocycles. The van der Waals surface area contributed by atoms with E-state index in [1.807, 2.05) is 20.8 Å². The summed E-state index contributed by atoms with van der Waals surface area (Å²) in [6, 6.07) is -1.02. The summed E-state index contributed by atoms with van der Waals surface area (Å²) in [6.07, 6.45) is 2.11. The molecule has 0 bridgehead atoms. The Balaban J connectivity index is 2.01. The second-order valence-corrected chi connectivity index (χ2v) is 7.26. The Bertz CT molecular complexity index is 456. The van der Waals surface area contributed by atoms with Gasteiger partial charge in [-0.2, -0.15) is 0 Å². The van der Waals surface area contributed by atoms with Crippen molar-refractivity contribution in [1.82, 2.24) is 15.1 Å². The topological polar surface area (TPSA) is 69.7 Å². The van der Waals surface area contributed by atoms with Crippen molar-refractivity contribution in [1.29, 1.82) is 0 Å². The molecule has 2 fully saturated rings. The van der Waals surface area contributed by atoms with E-state index in [1.54, 1.807) is 4.90 Å². The van der Waals surface area contributed by atoms with E-state index in [0.717, 1.165) is 24.3 Å². The van der Waals surface area contributed by atoms with Crippen molar-refractivity contribution in [2.24, 2.45) is 11.3 Å². The highest BCUT2D eigenvalue weighted by atomic mass is 16.2. The molecule has 0 aromatic rings. The van der Waals surface area contributed by atoms with Crippen LogP contribution in [-0.4, -0.2) is 53.3 Å². The molecule has 2 rings (SSSR count). The lowest BCUT2D eigenvalue weighted by molar-refractivity contribution is -0.139. The molecule has 0 spiro atoms. The van der Waals surface area contributed by atoms with Crippen LogP contribution in [0.5, 0.6) is 0 Å². The summed E-state index contributed by atoms with van der Waals surface area (Å²) in [5, 5.41) is 2.68. The molecule has 21 heavy (non-hydrogen) atoms. The minimum absolute atomic E-state index is 0.139. The molecule has 6 heteroatoms. The summed E-state index contributed by atoms with van der Waals surface area (Å²) in [5.74, 6) is 0.0404. The standard InChI is InChI=1S/C15H25N3O3/c1-10-6-5-7-17(8-10)11(19)9-18-13(20)12(15(2,3)4)16-14(18)21/h10,12H,5-9H2,1-4H3,(H,16,21)/t10-,12-/m1/s1. The molecule has 2 aliphatic heterocycles. The van der Waals surface area contributed by atoms with Gasteiger partial charge in [-0.1, -0.05) is 27.7 Å². The fourth-order valence-corrected chi connectivity index (χ4v) is 2.91. The molecule has 0 unspecified atom stereocenters. The molecule has 2 heterocycles. The Morgan fingerprint density at radius 1 is 1.33 bits per heavy atom. The van der Waals surface area contributed by atoms with Gasteiger partial charge in [-0.15, -0.1) is 0 Å². The molecule has 0 aromatic carbocycles. The van der Waals surface area contributed by atoms with Gasteiger partial charge in [0.25, 0.3) is 5.91 Å². The Labute approximate surface area is 125 Å². The van der Waals surface area contributed by atoms with E-state index >= 15 is 0 Å². The highest BCUT2D eigenvalue weighted by molar-refractivity contribution is 6.06. The summed E-state index contributed by atoms with van der Waals surface area (Å²) in [7, 11) is 0. The fourth-order valence-electron chi connectivity index (χ4n) is 2.91. The zero-order chi connectivity index (χ0) is 15.8. The van der Waals surface area contributed by atoms with Crippen LogP contribution in [0.1, 0.15) is 40.5 Å². The highest BCUT2D eigenvalue weighted by Gasteiger charge is 2.45. The number of piperidine rings is 1. The summed E-state index contributed by atoms with van der Waals surface area (Å²) in [5.41, 5.74) is -0.357. The molecule has 2 atom stereocenters. The number of hydrogen-bond acceptors (Lipinski definition) is 3. The van der Waals surface area contributed by atoms with Gasteiger partial charge in [-0.05, 0) is 24.2 Å². The van der Waals surface area contributed by atoms with Gasteiger partial charge in [0.05, 0.1) is 0 Å². The summed E-state index contributed by atoms with van der Waals surface area (Å²) in [6.45, 7) is 9.09. The van der Waals surface area contributed by atoms with Gasteiger partial charge in [0.15, 0.2) is 0 Å². The van der Waals surface area contributed by atoms with Gasteiger partial charge < -0.3 is 10.2 Å². The van der Waals surface area contributed by atoms with Crippen LogP contribution in [0.2, 0.25) is 0 Å². The molecule has 0 aliphatic carbocycles. The number of amides is 4. The molecule has 2 saturated heterocycles. The maximum absolute atomic E-state index is 12.3. The minimum Gasteiger partial charge on any atom is -0.341 e. The van der Waals surface area contributed by atoms with Crippen molar-refractivity contribution in [3.63, 3.8) is 0 Å². The van der Waals surface area contributed by atoms with Crippen LogP contribution in [-0.2, 0) is 9.59 Å². The molecule has 118 valence electrons. The van der Waals surface area contributed by atoms with Crippen LogP contribution in [0, 0.1) is 11.3 Å². The van der Waals surface area contributed by atoms with E-state index in [0.29, 0.717) is 12.5 Å². The molecule has 1 N–H and O–H groups in total. The van der Waals surface area contributed by atoms with Gasteiger partial charge in [0.1, 0.15) is 12.6 Å². The van der Waals surface area contributed by atoms with Crippen LogP contribution in [0.4, 0.5) is 4.79 Å². The number of rotatable bonds is 2. The Hall–Kier alpha value is -1.59. The first kappa shape index (κ1) is 15.8. The number of hydrogen-bond donors (Lipinski definition) is 1. The number of urea groups is 1. The Kier molecular flexibility index (Phi) is 4.25. The van der Waals surface area contributed by atoms with Crippen LogP contribution in [0.25, 0.3) is 0 Å². The molecular weight excluding hydrogens is 270 g/mol. The maximum atomic E-state index is 12.3. The third kappa shape index (κ3) is 3.36. The van der Waals surface area contributed by atoms with Gasteiger partial charge in [0, 0.05) is 13.1 Å². The molecular formula is C15H25N3O3. The zero-order valence-corrected chi connectivity index (χ0v) is 13.3. The summed E-state index contributed by atoms with van der Waals surface area (Å²) >= 11 is 0. The lowest BCUT2D eigenvalue weighted by Gasteiger charge is -2.31. The first-order valence-corrected chi connectivity index (χ1v) is 7.60. The smallest absolute Gasteiger partial charge is 0.325 e. The van der Waals surface area contributed by atoms with Crippen LogP contribution >= 0.6 is 0 Å². The summed E-state index contributed by atoms with van der Waals surface area (Å²) < 4.78 is 0. The van der Waals surface area contributed by atoms with E-state index in [1.165, 1.54) is 0 Å². The minimum atomic E-state index is -0.557. The average molecular weight is 295 g/mol. The lowest BCUT2D eigenvalue weighted by Crippen LogP contribution is -2.47. The van der Waals surface area contributed by atoms with Crippen LogP contribution in [0.15, 0.2) is 0 Å². The van der Waals surface area contributed by atoms with E-state index < -0.39 is 12.1 Å². The molecule has 0 radical (unpaired) electrons. The van der Waals surface area contributed by atoms with E-state index in [2.05, 4.69) is 12.2 Å². The number of nitrogens with zero attached hydrogens (tertiary/aromatic N) is 2. The predicted octanol–water partition coefficient (Wildman–Crippen LogP) is 1.21. The van der Waals surface area contributed by atoms with Crippen molar-refractivity contribution in [2.45, 2.75) is 46.6 Å². The Morgan fingerprint density at radius 2 is 2.00 bits per heavy atom. The largest absolute Gasteiger partial charge is 0.341 e. The van der Waals surface area contributed by atoms with Gasteiger partial charge in [0.2, 0.25) is 5.91 Å². The predicted molar refractivity (Wildman–Crippen MR) is 78.5 cm³/mol. The summed E-state index contributed by atoms with van der Waals surface area (Å²) in [4.78, 5) is 39.4. The van der Waals surface area contributed by atoms with Crippen molar-refractivity contribution in [2.75, 3.05) is 19.6 Å². The lowest BCUT2D eigenvalue weighted by atomic mass is 9.87. The van der Waals surface area contributed by atoms with Crippen molar-refractivity contribution < 1.29 is 14.4 Å². The second-order valence-electron chi connectivity index (χ2n) is 7.26. The van der Waals surface area contributed by atoms with Gasteiger partial charge >= 0.3 is 6.03 Å². The van der Waals surface area contributed by atoms with Crippen molar-refractivity contribution >= 4 is 17.8 Å². The average Bonchev–Trinajstić information content (AvgIpc) is 2.66. The molecule has 2 aliphatic rings. The fraction of sp³-hybridized carbons (Fsp3) is 0.800. The first-order valence-electron chi connectivity index (χ1n) is 7.60. The van der Waals surface area contributed by atoms with Crippen molar-refractivity contribution in [3.05, 3.63) is 0 Å². The number of carbonyl (C=O) groups excluding carboxylic acids is 3.